The Labute approximate surface area is 106 Å². The summed E-state index contributed by atoms with van der Waals surface area (Å²) in [6.45, 7) is 0.928. The van der Waals surface area contributed by atoms with Gasteiger partial charge < -0.3 is 10.2 Å². The quantitative estimate of drug-likeness (QED) is 0.906. The second kappa shape index (κ2) is 4.97. The van der Waals surface area contributed by atoms with E-state index in [0.29, 0.717) is 6.54 Å². The van der Waals surface area contributed by atoms with Gasteiger partial charge in [0.15, 0.2) is 0 Å². The summed E-state index contributed by atoms with van der Waals surface area (Å²) in [5, 5.41) is 2.53. The highest BCUT2D eigenvalue weighted by Gasteiger charge is 2.22. The zero-order chi connectivity index (χ0) is 11.5. The van der Waals surface area contributed by atoms with Gasteiger partial charge in [-0.05, 0) is 34.5 Å². The van der Waals surface area contributed by atoms with E-state index in [2.05, 4.69) is 21.2 Å². The molecule has 0 atom stereocenters. The minimum Gasteiger partial charge on any atom is -0.345 e. The maximum absolute atomic E-state index is 11.5. The molecular formula is C10H11BrN2O2S. The molecule has 1 N–H and O–H groups in total. The molecule has 86 valence electrons. The molecule has 2 heterocycles. The van der Waals surface area contributed by atoms with Crippen molar-refractivity contribution in [1.82, 2.24) is 10.2 Å². The fraction of sp³-hybridized carbons (Fsp3) is 0.400. The molecular weight excluding hydrogens is 292 g/mol. The van der Waals surface area contributed by atoms with E-state index in [0.717, 1.165) is 10.2 Å². The largest absolute Gasteiger partial charge is 0.345 e. The fourth-order valence-electron chi connectivity index (χ4n) is 1.54. The van der Waals surface area contributed by atoms with Gasteiger partial charge in [0.05, 0.1) is 16.9 Å². The van der Waals surface area contributed by atoms with Crippen molar-refractivity contribution in [3.8, 4) is 0 Å². The first-order valence-electron chi connectivity index (χ1n) is 4.94. The molecule has 0 saturated carbocycles. The molecule has 2 amide bonds. The van der Waals surface area contributed by atoms with Crippen LogP contribution in [0.4, 0.5) is 0 Å². The highest BCUT2D eigenvalue weighted by Crippen LogP contribution is 2.22. The number of halogens is 1. The molecule has 1 fully saturated rings. The lowest BCUT2D eigenvalue weighted by atomic mass is 10.3. The SMILES string of the molecule is O=C1CN(CCc2ccc(Br)s2)C(=O)CN1. The Morgan fingerprint density at radius 3 is 2.94 bits per heavy atom. The first kappa shape index (κ1) is 11.6. The molecule has 6 heteroatoms. The van der Waals surface area contributed by atoms with Gasteiger partial charge in [-0.1, -0.05) is 0 Å². The van der Waals surface area contributed by atoms with Crippen molar-refractivity contribution in [3.05, 3.63) is 20.8 Å². The Morgan fingerprint density at radius 2 is 2.25 bits per heavy atom. The van der Waals surface area contributed by atoms with Crippen LogP contribution in [0, 0.1) is 0 Å². The van der Waals surface area contributed by atoms with Gasteiger partial charge in [0, 0.05) is 11.4 Å². The molecule has 1 aromatic heterocycles. The van der Waals surface area contributed by atoms with Crippen molar-refractivity contribution in [2.24, 2.45) is 0 Å². The molecule has 1 aromatic rings. The Hall–Kier alpha value is -0.880. The van der Waals surface area contributed by atoms with Gasteiger partial charge in [-0.3, -0.25) is 9.59 Å². The maximum Gasteiger partial charge on any atom is 0.242 e. The third-order valence-corrected chi connectivity index (χ3v) is 4.06. The minimum atomic E-state index is -0.0769. The molecule has 0 aromatic carbocycles. The molecule has 1 aliphatic heterocycles. The summed E-state index contributed by atoms with van der Waals surface area (Å²) in [5.41, 5.74) is 0. The molecule has 0 bridgehead atoms. The third kappa shape index (κ3) is 2.82. The van der Waals surface area contributed by atoms with Crippen molar-refractivity contribution in [2.45, 2.75) is 6.42 Å². The van der Waals surface area contributed by atoms with E-state index in [4.69, 9.17) is 0 Å². The fourth-order valence-corrected chi connectivity index (χ4v) is 3.01. The second-order valence-corrected chi connectivity index (χ2v) is 6.10. The van der Waals surface area contributed by atoms with Gasteiger partial charge >= 0.3 is 0 Å². The summed E-state index contributed by atoms with van der Waals surface area (Å²) in [5.74, 6) is -0.0813. The van der Waals surface area contributed by atoms with Crippen LogP contribution < -0.4 is 5.32 Å². The van der Waals surface area contributed by atoms with Crippen LogP contribution in [0.3, 0.4) is 0 Å². The zero-order valence-electron chi connectivity index (χ0n) is 8.53. The predicted octanol–water partition coefficient (Wildman–Crippen LogP) is 1.01. The highest BCUT2D eigenvalue weighted by atomic mass is 79.9. The van der Waals surface area contributed by atoms with E-state index in [-0.39, 0.29) is 24.9 Å². The van der Waals surface area contributed by atoms with Crippen LogP contribution in [-0.4, -0.2) is 36.3 Å². The normalized spacial score (nSPS) is 16.4. The van der Waals surface area contributed by atoms with Gasteiger partial charge in [0.25, 0.3) is 0 Å². The highest BCUT2D eigenvalue weighted by molar-refractivity contribution is 9.11. The summed E-state index contributed by atoms with van der Waals surface area (Å²) in [4.78, 5) is 25.4. The molecule has 0 unspecified atom stereocenters. The molecule has 4 nitrogen and oxygen atoms in total. The first-order chi connectivity index (χ1) is 7.65. The summed E-state index contributed by atoms with van der Waals surface area (Å²) in [6, 6.07) is 4.02. The molecule has 1 saturated heterocycles. The van der Waals surface area contributed by atoms with Crippen molar-refractivity contribution in [1.29, 1.82) is 0 Å². The molecule has 0 spiro atoms. The number of rotatable bonds is 3. The van der Waals surface area contributed by atoms with E-state index in [9.17, 15) is 9.59 Å². The minimum absolute atomic E-state index is 0.00442. The van der Waals surface area contributed by atoms with E-state index in [1.165, 1.54) is 4.88 Å². The Balaban J connectivity index is 1.89. The van der Waals surface area contributed by atoms with E-state index in [1.54, 1.807) is 16.2 Å². The van der Waals surface area contributed by atoms with E-state index >= 15 is 0 Å². The van der Waals surface area contributed by atoms with Crippen LogP contribution >= 0.6 is 27.3 Å². The van der Waals surface area contributed by atoms with Crippen molar-refractivity contribution >= 4 is 39.1 Å². The lowest BCUT2D eigenvalue weighted by Crippen LogP contribution is -2.51. The summed E-state index contributed by atoms with van der Waals surface area (Å²) < 4.78 is 1.09. The van der Waals surface area contributed by atoms with Crippen molar-refractivity contribution in [2.75, 3.05) is 19.6 Å². The van der Waals surface area contributed by atoms with Crippen LogP contribution in [0.25, 0.3) is 0 Å². The first-order valence-corrected chi connectivity index (χ1v) is 6.55. The van der Waals surface area contributed by atoms with Crippen LogP contribution in [-0.2, 0) is 16.0 Å². The number of nitrogens with zero attached hydrogens (tertiary/aromatic N) is 1. The Morgan fingerprint density at radius 1 is 1.44 bits per heavy atom. The maximum atomic E-state index is 11.5. The Bertz CT molecular complexity index is 419. The van der Waals surface area contributed by atoms with Crippen LogP contribution in [0.2, 0.25) is 0 Å². The smallest absolute Gasteiger partial charge is 0.242 e. The van der Waals surface area contributed by atoms with Crippen molar-refractivity contribution in [3.63, 3.8) is 0 Å². The summed E-state index contributed by atoms with van der Waals surface area (Å²) in [6.07, 6.45) is 0.801. The summed E-state index contributed by atoms with van der Waals surface area (Å²) >= 11 is 5.05. The third-order valence-electron chi connectivity index (χ3n) is 2.38. The molecule has 0 radical (unpaired) electrons. The number of hydrogen-bond acceptors (Lipinski definition) is 3. The van der Waals surface area contributed by atoms with Crippen molar-refractivity contribution < 1.29 is 9.59 Å². The van der Waals surface area contributed by atoms with Gasteiger partial charge in [0.2, 0.25) is 11.8 Å². The lowest BCUT2D eigenvalue weighted by molar-refractivity contribution is -0.140. The van der Waals surface area contributed by atoms with Gasteiger partial charge in [-0.25, -0.2) is 0 Å². The monoisotopic (exact) mass is 302 g/mol. The second-order valence-electron chi connectivity index (χ2n) is 3.55. The molecule has 0 aliphatic carbocycles. The van der Waals surface area contributed by atoms with Gasteiger partial charge in [-0.2, -0.15) is 0 Å². The molecule has 2 rings (SSSR count). The number of nitrogens with one attached hydrogen (secondary N) is 1. The van der Waals surface area contributed by atoms with Gasteiger partial charge in [0.1, 0.15) is 0 Å². The topological polar surface area (TPSA) is 49.4 Å². The number of carbonyl (C=O) groups is 2. The number of thiophene rings is 1. The van der Waals surface area contributed by atoms with Gasteiger partial charge in [-0.15, -0.1) is 11.3 Å². The van der Waals surface area contributed by atoms with Crippen LogP contribution in [0.1, 0.15) is 4.88 Å². The Kier molecular flexibility index (Phi) is 3.60. The molecule has 16 heavy (non-hydrogen) atoms. The van der Waals surface area contributed by atoms with Crippen LogP contribution in [0.15, 0.2) is 15.9 Å². The predicted molar refractivity (Wildman–Crippen MR) is 65.3 cm³/mol. The van der Waals surface area contributed by atoms with E-state index in [1.807, 2.05) is 12.1 Å². The lowest BCUT2D eigenvalue weighted by Gasteiger charge is -2.26. The van der Waals surface area contributed by atoms with Crippen LogP contribution in [0.5, 0.6) is 0 Å². The number of hydrogen-bond donors (Lipinski definition) is 1. The average Bonchev–Trinajstić information content (AvgIpc) is 2.66. The standard InChI is InChI=1S/C10H11BrN2O2S/c11-8-2-1-7(16-8)3-4-13-6-9(14)12-5-10(13)15/h1-2H,3-6H2,(H,12,14). The summed E-state index contributed by atoms with van der Waals surface area (Å²) in [7, 11) is 0. The number of amides is 2. The zero-order valence-corrected chi connectivity index (χ0v) is 10.9. The molecule has 1 aliphatic rings. The number of carbonyl (C=O) groups excluding carboxylic acids is 2. The average molecular weight is 303 g/mol. The number of piperazine rings is 1. The van der Waals surface area contributed by atoms with E-state index < -0.39 is 0 Å².